The summed E-state index contributed by atoms with van der Waals surface area (Å²) in [5, 5.41) is 6.52. The molecule has 3 rings (SSSR count). The molecule has 9 nitrogen and oxygen atoms in total. The topological polar surface area (TPSA) is 133 Å². The van der Waals surface area contributed by atoms with Crippen LogP contribution < -0.4 is 10.6 Å². The van der Waals surface area contributed by atoms with Crippen molar-refractivity contribution in [3.8, 4) is 0 Å². The minimum absolute atomic E-state index is 0.0749. The van der Waals surface area contributed by atoms with Crippen LogP contribution >= 0.6 is 7.37 Å². The summed E-state index contributed by atoms with van der Waals surface area (Å²) in [7, 11) is -2.96. The summed E-state index contributed by atoms with van der Waals surface area (Å²) in [5.74, 6) is -2.21. The molecule has 0 aliphatic carbocycles. The number of fused-ring (bicyclic) bond motifs is 3. The summed E-state index contributed by atoms with van der Waals surface area (Å²) in [5.41, 5.74) is -1.01. The van der Waals surface area contributed by atoms with Gasteiger partial charge >= 0.3 is 0 Å². The van der Waals surface area contributed by atoms with E-state index >= 15 is 0 Å². The molecule has 1 aliphatic heterocycles. The Morgan fingerprint density at radius 3 is 2.24 bits per heavy atom. The normalized spacial score (nSPS) is 16.6. The quantitative estimate of drug-likeness (QED) is 0.300. The Hall–Kier alpha value is -3.03. The van der Waals surface area contributed by atoms with Crippen molar-refractivity contribution < 1.29 is 28.6 Å². The van der Waals surface area contributed by atoms with Gasteiger partial charge in [0.1, 0.15) is 18.0 Å². The van der Waals surface area contributed by atoms with Crippen molar-refractivity contribution in [1.82, 2.24) is 15.5 Å². The third-order valence-electron chi connectivity index (χ3n) is 6.60. The zero-order valence-corrected chi connectivity index (χ0v) is 22.9. The second-order valence-corrected chi connectivity index (χ2v) is 12.9. The molecule has 37 heavy (non-hydrogen) atoms. The molecule has 2 aromatic carbocycles. The zero-order valence-electron chi connectivity index (χ0n) is 22.0. The van der Waals surface area contributed by atoms with E-state index in [0.717, 1.165) is 10.3 Å². The average Bonchev–Trinajstić information content (AvgIpc) is 3.07. The zero-order chi connectivity index (χ0) is 27.5. The monoisotopic (exact) mass is 529 g/mol. The summed E-state index contributed by atoms with van der Waals surface area (Å²) in [4.78, 5) is 64.1. The van der Waals surface area contributed by atoms with E-state index < -0.39 is 49.0 Å². The van der Waals surface area contributed by atoms with Crippen LogP contribution in [0.4, 0.5) is 0 Å². The van der Waals surface area contributed by atoms with Crippen molar-refractivity contribution in [2.45, 2.75) is 58.7 Å². The van der Waals surface area contributed by atoms with Gasteiger partial charge in [0, 0.05) is 7.05 Å². The molecule has 0 saturated heterocycles. The van der Waals surface area contributed by atoms with Gasteiger partial charge in [-0.2, -0.15) is 0 Å². The Morgan fingerprint density at radius 1 is 0.946 bits per heavy atom. The largest absolute Gasteiger partial charge is 0.357 e. The van der Waals surface area contributed by atoms with E-state index in [9.17, 15) is 28.6 Å². The van der Waals surface area contributed by atoms with E-state index in [1.807, 2.05) is 39.8 Å². The lowest BCUT2D eigenvalue weighted by molar-refractivity contribution is -0.129. The van der Waals surface area contributed by atoms with Gasteiger partial charge in [-0.05, 0) is 47.9 Å². The van der Waals surface area contributed by atoms with Crippen LogP contribution in [0, 0.1) is 11.8 Å². The highest BCUT2D eigenvalue weighted by atomic mass is 31.2. The SMILES string of the molecule is CNC(=O)[C@H](CC(C)C)NC(=O)C(CCC(C)C)P(=O)(O)CN1C(=O)c2ccc3ccccc3c2C1=O. The molecule has 3 N–H and O–H groups in total. The lowest BCUT2D eigenvalue weighted by Gasteiger charge is -2.28. The molecule has 0 spiro atoms. The Balaban J connectivity index is 1.90. The first-order valence-corrected chi connectivity index (χ1v) is 14.5. The number of imide groups is 1. The molecule has 10 heteroatoms. The summed E-state index contributed by atoms with van der Waals surface area (Å²) >= 11 is 0. The Morgan fingerprint density at radius 2 is 1.62 bits per heavy atom. The molecule has 0 bridgehead atoms. The van der Waals surface area contributed by atoms with Crippen LogP contribution in [0.2, 0.25) is 0 Å². The van der Waals surface area contributed by atoms with Crippen LogP contribution in [0.15, 0.2) is 36.4 Å². The number of rotatable bonds is 11. The fraction of sp³-hybridized carbons (Fsp3) is 0.481. The molecule has 4 amide bonds. The van der Waals surface area contributed by atoms with Crippen LogP contribution in [-0.4, -0.2) is 58.5 Å². The number of nitrogens with zero attached hydrogens (tertiary/aromatic N) is 1. The summed E-state index contributed by atoms with van der Waals surface area (Å²) in [6.45, 7) is 7.67. The van der Waals surface area contributed by atoms with Crippen molar-refractivity contribution in [2.75, 3.05) is 13.3 Å². The molecule has 3 atom stereocenters. The number of hydrogen-bond acceptors (Lipinski definition) is 5. The third-order valence-corrected chi connectivity index (χ3v) is 8.76. The highest BCUT2D eigenvalue weighted by molar-refractivity contribution is 7.59. The summed E-state index contributed by atoms with van der Waals surface area (Å²) in [6.07, 6.45) is 0.123. The number of carbonyl (C=O) groups excluding carboxylic acids is 4. The van der Waals surface area contributed by atoms with E-state index in [0.29, 0.717) is 18.2 Å². The van der Waals surface area contributed by atoms with E-state index in [1.54, 1.807) is 24.3 Å². The number of nitrogens with one attached hydrogen (secondary N) is 2. The van der Waals surface area contributed by atoms with E-state index in [1.165, 1.54) is 7.05 Å². The van der Waals surface area contributed by atoms with E-state index in [-0.39, 0.29) is 29.4 Å². The molecule has 0 radical (unpaired) electrons. The Bertz CT molecular complexity index is 1260. The van der Waals surface area contributed by atoms with Gasteiger partial charge in [-0.15, -0.1) is 0 Å². The number of amides is 4. The van der Waals surface area contributed by atoms with Gasteiger partial charge in [-0.25, -0.2) is 0 Å². The van der Waals surface area contributed by atoms with Crippen LogP contribution in [-0.2, 0) is 14.2 Å². The smallest absolute Gasteiger partial charge is 0.262 e. The maximum atomic E-state index is 13.7. The molecule has 2 aromatic rings. The van der Waals surface area contributed by atoms with Gasteiger partial charge in [0.15, 0.2) is 0 Å². The van der Waals surface area contributed by atoms with E-state index in [4.69, 9.17) is 0 Å². The van der Waals surface area contributed by atoms with Gasteiger partial charge in [-0.3, -0.25) is 28.6 Å². The van der Waals surface area contributed by atoms with Gasteiger partial charge < -0.3 is 15.5 Å². The van der Waals surface area contributed by atoms with Crippen molar-refractivity contribution in [3.05, 3.63) is 47.5 Å². The molecule has 0 fully saturated rings. The van der Waals surface area contributed by atoms with Crippen molar-refractivity contribution >= 4 is 41.8 Å². The van der Waals surface area contributed by atoms with Crippen LogP contribution in [0.25, 0.3) is 10.8 Å². The van der Waals surface area contributed by atoms with Gasteiger partial charge in [0.2, 0.25) is 19.2 Å². The molecule has 0 saturated carbocycles. The Kier molecular flexibility index (Phi) is 8.92. The minimum Gasteiger partial charge on any atom is -0.357 e. The first-order valence-electron chi connectivity index (χ1n) is 12.6. The number of benzene rings is 2. The van der Waals surface area contributed by atoms with Gasteiger partial charge in [0.25, 0.3) is 11.8 Å². The predicted octanol–water partition coefficient (Wildman–Crippen LogP) is 3.75. The number of carbonyl (C=O) groups is 4. The maximum Gasteiger partial charge on any atom is 0.262 e. The summed E-state index contributed by atoms with van der Waals surface area (Å²) in [6, 6.07) is 9.53. The van der Waals surface area contributed by atoms with Gasteiger partial charge in [0.05, 0.1) is 11.1 Å². The molecule has 200 valence electrons. The van der Waals surface area contributed by atoms with Gasteiger partial charge in [-0.1, -0.05) is 58.0 Å². The lowest BCUT2D eigenvalue weighted by atomic mass is 10.0. The molecule has 1 aliphatic rings. The number of likely N-dealkylation sites (N-methyl/N-ethyl adjacent to an activating group) is 1. The highest BCUT2D eigenvalue weighted by Crippen LogP contribution is 2.50. The van der Waals surface area contributed by atoms with Crippen LogP contribution in [0.1, 0.15) is 67.7 Å². The van der Waals surface area contributed by atoms with Crippen molar-refractivity contribution in [2.24, 2.45) is 11.8 Å². The molecular formula is C27H36N3O6P. The van der Waals surface area contributed by atoms with Crippen LogP contribution in [0.3, 0.4) is 0 Å². The molecule has 1 heterocycles. The highest BCUT2D eigenvalue weighted by Gasteiger charge is 2.45. The molecular weight excluding hydrogens is 493 g/mol. The lowest BCUT2D eigenvalue weighted by Crippen LogP contribution is -2.50. The summed E-state index contributed by atoms with van der Waals surface area (Å²) < 4.78 is 13.7. The standard InChI is InChI=1S/C27H36N3O6P/c1-16(2)10-13-22(25(32)29-21(14-17(3)4)24(31)28-5)37(35,36)15-30-26(33)20-12-11-18-8-6-7-9-19(18)23(20)27(30)34/h6-9,11-12,16-17,21-22H,10,13-15H2,1-5H3,(H,28,31)(H,29,32)(H,35,36)/t21-,22?/m0/s1. The molecule has 0 aromatic heterocycles. The van der Waals surface area contributed by atoms with Crippen molar-refractivity contribution in [1.29, 1.82) is 0 Å². The first-order chi connectivity index (χ1) is 17.4. The fourth-order valence-corrected chi connectivity index (χ4v) is 6.49. The average molecular weight is 530 g/mol. The fourth-order valence-electron chi connectivity index (χ4n) is 4.63. The van der Waals surface area contributed by atoms with E-state index in [2.05, 4.69) is 10.6 Å². The third kappa shape index (κ3) is 6.28. The van der Waals surface area contributed by atoms with Crippen LogP contribution in [0.5, 0.6) is 0 Å². The first kappa shape index (κ1) is 28.5. The second kappa shape index (κ2) is 11.6. The van der Waals surface area contributed by atoms with Crippen molar-refractivity contribution in [3.63, 3.8) is 0 Å². The number of hydrogen-bond donors (Lipinski definition) is 3. The Labute approximate surface area is 217 Å². The molecule has 2 unspecified atom stereocenters. The maximum absolute atomic E-state index is 13.7. The second-order valence-electron chi connectivity index (χ2n) is 10.4. The predicted molar refractivity (Wildman–Crippen MR) is 142 cm³/mol. The minimum atomic E-state index is -4.42.